The normalized spacial score (nSPS) is 14.1. The van der Waals surface area contributed by atoms with Gasteiger partial charge in [0.05, 0.1) is 31.7 Å². The van der Waals surface area contributed by atoms with E-state index in [1.54, 1.807) is 18.0 Å². The number of hydrogen-bond acceptors (Lipinski definition) is 7. The lowest BCUT2D eigenvalue weighted by Crippen LogP contribution is -2.38. The Morgan fingerprint density at radius 2 is 1.65 bits per heavy atom. The Morgan fingerprint density at radius 3 is 2.42 bits per heavy atom. The van der Waals surface area contributed by atoms with E-state index in [2.05, 4.69) is 48.9 Å². The summed E-state index contributed by atoms with van der Waals surface area (Å²) in [7, 11) is 0. The van der Waals surface area contributed by atoms with Gasteiger partial charge in [-0.3, -0.25) is 4.57 Å². The Bertz CT molecular complexity index is 1110. The molecule has 1 aliphatic rings. The number of thioether (sulfide) groups is 1. The number of rotatable bonds is 7. The van der Waals surface area contributed by atoms with Gasteiger partial charge in [-0.15, -0.1) is 10.2 Å². The topological polar surface area (TPSA) is 69.2 Å². The van der Waals surface area contributed by atoms with Gasteiger partial charge in [-0.25, -0.2) is 4.98 Å². The van der Waals surface area contributed by atoms with Crippen LogP contribution in [0.5, 0.6) is 0 Å². The molecule has 4 aromatic rings. The Morgan fingerprint density at radius 1 is 0.903 bits per heavy atom. The van der Waals surface area contributed by atoms with Gasteiger partial charge in [0.15, 0.2) is 10.9 Å². The third-order valence-corrected chi connectivity index (χ3v) is 6.06. The molecule has 2 aromatic carbocycles. The van der Waals surface area contributed by atoms with Crippen molar-refractivity contribution in [3.8, 4) is 11.3 Å². The summed E-state index contributed by atoms with van der Waals surface area (Å²) in [6, 6.07) is 20.4. The second-order valence-electron chi connectivity index (χ2n) is 7.23. The van der Waals surface area contributed by atoms with E-state index in [4.69, 9.17) is 9.15 Å². The molecule has 5 rings (SSSR count). The third kappa shape index (κ3) is 4.65. The van der Waals surface area contributed by atoms with Crippen LogP contribution in [0.3, 0.4) is 0 Å². The van der Waals surface area contributed by atoms with E-state index in [1.165, 1.54) is 5.56 Å². The van der Waals surface area contributed by atoms with Gasteiger partial charge in [-0.1, -0.05) is 72.4 Å². The fourth-order valence-corrected chi connectivity index (χ4v) is 4.32. The molecule has 1 saturated heterocycles. The van der Waals surface area contributed by atoms with Crippen LogP contribution in [0.1, 0.15) is 11.5 Å². The molecular weight excluding hydrogens is 410 g/mol. The van der Waals surface area contributed by atoms with Crippen LogP contribution in [0.2, 0.25) is 0 Å². The highest BCUT2D eigenvalue weighted by Crippen LogP contribution is 2.28. The molecule has 8 heteroatoms. The first-order valence-electron chi connectivity index (χ1n) is 10.3. The highest BCUT2D eigenvalue weighted by molar-refractivity contribution is 7.98. The van der Waals surface area contributed by atoms with Crippen molar-refractivity contribution >= 4 is 17.7 Å². The maximum Gasteiger partial charge on any atom is 0.228 e. The fraction of sp³-hybridized carbons (Fsp3) is 0.261. The number of anilines is 1. The molecule has 158 valence electrons. The van der Waals surface area contributed by atoms with Gasteiger partial charge in [0.1, 0.15) is 0 Å². The molecule has 0 spiro atoms. The zero-order chi connectivity index (χ0) is 20.9. The standard InChI is InChI=1S/C23H23N5O2S/c1-3-7-18(8-4-1)16-28-22(27-11-13-29-14-12-27)25-26-23(28)31-17-21-24-15-20(30-21)19-9-5-2-6-10-19/h1-10,15H,11-14,16-17H2. The second-order valence-corrected chi connectivity index (χ2v) is 8.17. The van der Waals surface area contributed by atoms with Crippen LogP contribution in [0, 0.1) is 0 Å². The molecule has 0 radical (unpaired) electrons. The van der Waals surface area contributed by atoms with Gasteiger partial charge < -0.3 is 14.1 Å². The molecule has 0 unspecified atom stereocenters. The summed E-state index contributed by atoms with van der Waals surface area (Å²) in [5, 5.41) is 9.86. The van der Waals surface area contributed by atoms with Crippen molar-refractivity contribution < 1.29 is 9.15 Å². The molecule has 7 nitrogen and oxygen atoms in total. The zero-order valence-electron chi connectivity index (χ0n) is 17.1. The summed E-state index contributed by atoms with van der Waals surface area (Å²) in [5.41, 5.74) is 2.23. The number of nitrogens with zero attached hydrogens (tertiary/aromatic N) is 5. The van der Waals surface area contributed by atoms with E-state index in [0.717, 1.165) is 35.5 Å². The summed E-state index contributed by atoms with van der Waals surface area (Å²) in [4.78, 5) is 6.68. The molecule has 0 N–H and O–H groups in total. The average molecular weight is 434 g/mol. The van der Waals surface area contributed by atoms with E-state index < -0.39 is 0 Å². The second kappa shape index (κ2) is 9.36. The first kappa shape index (κ1) is 19.8. The van der Waals surface area contributed by atoms with E-state index >= 15 is 0 Å². The largest absolute Gasteiger partial charge is 0.440 e. The van der Waals surface area contributed by atoms with E-state index in [1.807, 2.05) is 36.4 Å². The average Bonchev–Trinajstić information content (AvgIpc) is 3.47. The van der Waals surface area contributed by atoms with Crippen molar-refractivity contribution in [3.63, 3.8) is 0 Å². The van der Waals surface area contributed by atoms with Crippen LogP contribution < -0.4 is 4.90 Å². The van der Waals surface area contributed by atoms with Gasteiger partial charge in [-0.2, -0.15) is 0 Å². The van der Waals surface area contributed by atoms with Crippen LogP contribution in [-0.4, -0.2) is 46.1 Å². The van der Waals surface area contributed by atoms with Gasteiger partial charge in [0.25, 0.3) is 0 Å². The molecule has 0 saturated carbocycles. The minimum absolute atomic E-state index is 0.586. The van der Waals surface area contributed by atoms with Crippen LogP contribution in [0.15, 0.2) is 76.4 Å². The van der Waals surface area contributed by atoms with Crippen LogP contribution in [0.4, 0.5) is 5.95 Å². The number of oxazole rings is 1. The maximum absolute atomic E-state index is 5.96. The number of aromatic nitrogens is 4. The van der Waals surface area contributed by atoms with Crippen molar-refractivity contribution in [2.45, 2.75) is 17.5 Å². The number of morpholine rings is 1. The summed E-state index contributed by atoms with van der Waals surface area (Å²) < 4.78 is 13.6. The Balaban J connectivity index is 1.36. The van der Waals surface area contributed by atoms with E-state index in [9.17, 15) is 0 Å². The van der Waals surface area contributed by atoms with Crippen LogP contribution >= 0.6 is 11.8 Å². The lowest BCUT2D eigenvalue weighted by molar-refractivity contribution is 0.121. The van der Waals surface area contributed by atoms with E-state index in [0.29, 0.717) is 31.4 Å². The van der Waals surface area contributed by atoms with Crippen LogP contribution in [0.25, 0.3) is 11.3 Å². The lowest BCUT2D eigenvalue weighted by Gasteiger charge is -2.28. The third-order valence-electron chi connectivity index (χ3n) is 5.11. The molecular formula is C23H23N5O2S. The lowest BCUT2D eigenvalue weighted by atomic mass is 10.2. The SMILES string of the molecule is c1ccc(Cn2c(SCc3ncc(-c4ccccc4)o3)nnc2N2CCOCC2)cc1. The smallest absolute Gasteiger partial charge is 0.228 e. The monoisotopic (exact) mass is 433 g/mol. The van der Waals surface area contributed by atoms with Gasteiger partial charge in [0, 0.05) is 18.7 Å². The van der Waals surface area contributed by atoms with Crippen LogP contribution in [-0.2, 0) is 17.0 Å². The molecule has 0 bridgehead atoms. The van der Waals surface area contributed by atoms with E-state index in [-0.39, 0.29) is 0 Å². The molecule has 1 fully saturated rings. The minimum atomic E-state index is 0.586. The van der Waals surface area contributed by atoms with Gasteiger partial charge in [-0.05, 0) is 5.56 Å². The van der Waals surface area contributed by atoms with Crippen molar-refractivity contribution in [1.29, 1.82) is 0 Å². The minimum Gasteiger partial charge on any atom is -0.440 e. The quantitative estimate of drug-likeness (QED) is 0.406. The number of ether oxygens (including phenoxy) is 1. The Hall–Kier alpha value is -3.10. The van der Waals surface area contributed by atoms with Crippen molar-refractivity contribution in [2.24, 2.45) is 0 Å². The van der Waals surface area contributed by atoms with Crippen molar-refractivity contribution in [1.82, 2.24) is 19.7 Å². The predicted octanol–water partition coefficient (Wildman–Crippen LogP) is 4.11. The molecule has 3 heterocycles. The van der Waals surface area contributed by atoms with Crippen molar-refractivity contribution in [2.75, 3.05) is 31.2 Å². The molecule has 2 aromatic heterocycles. The summed E-state index contributed by atoms with van der Waals surface area (Å²) in [5.74, 6) is 2.91. The molecule has 0 amide bonds. The predicted molar refractivity (Wildman–Crippen MR) is 120 cm³/mol. The highest BCUT2D eigenvalue weighted by Gasteiger charge is 2.21. The summed E-state index contributed by atoms with van der Waals surface area (Å²) >= 11 is 1.59. The first-order valence-corrected chi connectivity index (χ1v) is 11.3. The molecule has 0 aliphatic carbocycles. The fourth-order valence-electron chi connectivity index (χ4n) is 3.53. The Labute approximate surface area is 185 Å². The van der Waals surface area contributed by atoms with Gasteiger partial charge in [0.2, 0.25) is 11.8 Å². The molecule has 1 aliphatic heterocycles. The maximum atomic E-state index is 5.96. The summed E-state index contributed by atoms with van der Waals surface area (Å²) in [6.07, 6.45) is 1.78. The first-order chi connectivity index (χ1) is 15.4. The number of hydrogen-bond donors (Lipinski definition) is 0. The van der Waals surface area contributed by atoms with Crippen molar-refractivity contribution in [3.05, 3.63) is 78.3 Å². The number of benzene rings is 2. The molecule has 31 heavy (non-hydrogen) atoms. The molecule has 0 atom stereocenters. The summed E-state index contributed by atoms with van der Waals surface area (Å²) in [6.45, 7) is 3.76. The van der Waals surface area contributed by atoms with Gasteiger partial charge >= 0.3 is 0 Å². The zero-order valence-corrected chi connectivity index (χ0v) is 17.9. The highest BCUT2D eigenvalue weighted by atomic mass is 32.2. The Kier molecular flexibility index (Phi) is 5.99.